The summed E-state index contributed by atoms with van der Waals surface area (Å²) in [6.45, 7) is 5.70. The molecule has 0 unspecified atom stereocenters. The smallest absolute Gasteiger partial charge is 0.252 e. The molecule has 1 amide bonds. The van der Waals surface area contributed by atoms with Gasteiger partial charge >= 0.3 is 0 Å². The number of hydrogen-bond acceptors (Lipinski definition) is 5. The summed E-state index contributed by atoms with van der Waals surface area (Å²) in [5.41, 5.74) is 2.11. The summed E-state index contributed by atoms with van der Waals surface area (Å²) >= 11 is 1.22. The van der Waals surface area contributed by atoms with E-state index in [-0.39, 0.29) is 17.9 Å². The number of sulfonamides is 1. The standard InChI is InChI=1S/C21H28N2O4S2/c1-16(2)27-15-19-7-4-3-6-18(19)14-22-21(24)17-9-11-23(12-10-17)29(25,26)20-8-5-13-28-20/h3-8,13,16-17H,9-12,14-15H2,1-2H3,(H,22,24). The third kappa shape index (κ3) is 5.66. The third-order valence-electron chi connectivity index (χ3n) is 5.06. The van der Waals surface area contributed by atoms with E-state index in [4.69, 9.17) is 4.74 Å². The van der Waals surface area contributed by atoms with Crippen LogP contribution in [0.3, 0.4) is 0 Å². The molecule has 1 aliphatic rings. The van der Waals surface area contributed by atoms with Crippen LogP contribution >= 0.6 is 11.3 Å². The molecule has 8 heteroatoms. The van der Waals surface area contributed by atoms with Crippen LogP contribution in [0.4, 0.5) is 0 Å². The number of piperidine rings is 1. The average Bonchev–Trinajstić information content (AvgIpc) is 3.27. The molecular formula is C21H28N2O4S2. The molecule has 2 heterocycles. The average molecular weight is 437 g/mol. The van der Waals surface area contributed by atoms with Gasteiger partial charge in [-0.3, -0.25) is 4.79 Å². The van der Waals surface area contributed by atoms with Crippen molar-refractivity contribution in [2.24, 2.45) is 5.92 Å². The van der Waals surface area contributed by atoms with Crippen molar-refractivity contribution >= 4 is 27.3 Å². The molecule has 2 aromatic rings. The first-order valence-electron chi connectivity index (χ1n) is 9.87. The first-order valence-corrected chi connectivity index (χ1v) is 12.2. The zero-order valence-corrected chi connectivity index (χ0v) is 18.5. The summed E-state index contributed by atoms with van der Waals surface area (Å²) in [4.78, 5) is 12.6. The molecule has 1 saturated heterocycles. The van der Waals surface area contributed by atoms with Crippen molar-refractivity contribution in [1.82, 2.24) is 9.62 Å². The van der Waals surface area contributed by atoms with Crippen LogP contribution < -0.4 is 5.32 Å². The minimum Gasteiger partial charge on any atom is -0.374 e. The van der Waals surface area contributed by atoms with Crippen molar-refractivity contribution < 1.29 is 17.9 Å². The van der Waals surface area contributed by atoms with Crippen LogP contribution in [-0.4, -0.2) is 37.8 Å². The lowest BCUT2D eigenvalue weighted by Gasteiger charge is -2.30. The van der Waals surface area contributed by atoms with Crippen LogP contribution in [0.2, 0.25) is 0 Å². The predicted octanol–water partition coefficient (Wildman–Crippen LogP) is 3.39. The molecule has 0 aliphatic carbocycles. The molecule has 1 N–H and O–H groups in total. The van der Waals surface area contributed by atoms with Gasteiger partial charge in [-0.15, -0.1) is 11.3 Å². The summed E-state index contributed by atoms with van der Waals surface area (Å²) < 4.78 is 32.8. The van der Waals surface area contributed by atoms with Gasteiger partial charge in [-0.25, -0.2) is 8.42 Å². The summed E-state index contributed by atoms with van der Waals surface area (Å²) in [6.07, 6.45) is 1.22. The molecule has 1 aliphatic heterocycles. The minimum atomic E-state index is -3.44. The van der Waals surface area contributed by atoms with E-state index in [0.29, 0.717) is 43.3 Å². The highest BCUT2D eigenvalue weighted by molar-refractivity contribution is 7.91. The number of nitrogens with one attached hydrogen (secondary N) is 1. The largest absolute Gasteiger partial charge is 0.374 e. The second-order valence-corrected chi connectivity index (χ2v) is 10.6. The second-order valence-electron chi connectivity index (χ2n) is 7.46. The Morgan fingerprint density at radius 2 is 1.86 bits per heavy atom. The van der Waals surface area contributed by atoms with Crippen LogP contribution in [0.1, 0.15) is 37.8 Å². The molecule has 0 saturated carbocycles. The van der Waals surface area contributed by atoms with Crippen molar-refractivity contribution in [2.45, 2.75) is 50.2 Å². The van der Waals surface area contributed by atoms with Gasteiger partial charge in [0.15, 0.2) is 0 Å². The second kappa shape index (κ2) is 9.84. The van der Waals surface area contributed by atoms with E-state index in [1.54, 1.807) is 17.5 Å². The van der Waals surface area contributed by atoms with E-state index in [2.05, 4.69) is 5.32 Å². The lowest BCUT2D eigenvalue weighted by molar-refractivity contribution is -0.126. The van der Waals surface area contributed by atoms with Crippen LogP contribution in [0, 0.1) is 5.92 Å². The van der Waals surface area contributed by atoms with Gasteiger partial charge in [0, 0.05) is 25.6 Å². The van der Waals surface area contributed by atoms with E-state index in [1.165, 1.54) is 15.6 Å². The normalized spacial score (nSPS) is 16.2. The Hall–Kier alpha value is -1.74. The van der Waals surface area contributed by atoms with Gasteiger partial charge in [0.25, 0.3) is 10.0 Å². The highest BCUT2D eigenvalue weighted by Gasteiger charge is 2.32. The number of thiophene rings is 1. The van der Waals surface area contributed by atoms with Crippen LogP contribution in [0.25, 0.3) is 0 Å². The van der Waals surface area contributed by atoms with Crippen LogP contribution in [-0.2, 0) is 32.7 Å². The highest BCUT2D eigenvalue weighted by atomic mass is 32.2. The quantitative estimate of drug-likeness (QED) is 0.688. The molecule has 1 aromatic heterocycles. The number of hydrogen-bond donors (Lipinski definition) is 1. The third-order valence-corrected chi connectivity index (χ3v) is 8.33. The summed E-state index contributed by atoms with van der Waals surface area (Å²) in [5.74, 6) is -0.179. The molecule has 0 spiro atoms. The maximum atomic E-state index is 12.6. The van der Waals surface area contributed by atoms with Crippen LogP contribution in [0.15, 0.2) is 46.0 Å². The Morgan fingerprint density at radius 1 is 1.17 bits per heavy atom. The zero-order valence-electron chi connectivity index (χ0n) is 16.8. The number of rotatable bonds is 8. The van der Waals surface area contributed by atoms with Gasteiger partial charge in [-0.05, 0) is 49.3 Å². The Balaban J connectivity index is 1.52. The van der Waals surface area contributed by atoms with Gasteiger partial charge in [0.2, 0.25) is 5.91 Å². The zero-order chi connectivity index (χ0) is 20.9. The number of ether oxygens (including phenoxy) is 1. The summed E-state index contributed by atoms with van der Waals surface area (Å²) in [6, 6.07) is 11.3. The van der Waals surface area contributed by atoms with Crippen molar-refractivity contribution in [3.63, 3.8) is 0 Å². The van der Waals surface area contributed by atoms with Gasteiger partial charge in [0.05, 0.1) is 12.7 Å². The van der Waals surface area contributed by atoms with E-state index >= 15 is 0 Å². The van der Waals surface area contributed by atoms with Gasteiger partial charge < -0.3 is 10.1 Å². The molecule has 6 nitrogen and oxygen atoms in total. The number of benzene rings is 1. The van der Waals surface area contributed by atoms with E-state index < -0.39 is 10.0 Å². The minimum absolute atomic E-state index is 0.0160. The fourth-order valence-corrected chi connectivity index (χ4v) is 5.96. The van der Waals surface area contributed by atoms with Gasteiger partial charge in [-0.2, -0.15) is 4.31 Å². The van der Waals surface area contributed by atoms with E-state index in [0.717, 1.165) is 11.1 Å². The van der Waals surface area contributed by atoms with Crippen LogP contribution in [0.5, 0.6) is 0 Å². The Morgan fingerprint density at radius 3 is 2.48 bits per heavy atom. The molecule has 0 bridgehead atoms. The van der Waals surface area contributed by atoms with Crippen molar-refractivity contribution in [3.8, 4) is 0 Å². The fraction of sp³-hybridized carbons (Fsp3) is 0.476. The predicted molar refractivity (Wildman–Crippen MR) is 114 cm³/mol. The lowest BCUT2D eigenvalue weighted by atomic mass is 9.97. The molecule has 0 radical (unpaired) electrons. The summed E-state index contributed by atoms with van der Waals surface area (Å²) in [7, 11) is -3.44. The molecule has 158 valence electrons. The van der Waals surface area contributed by atoms with Crippen molar-refractivity contribution in [2.75, 3.05) is 13.1 Å². The van der Waals surface area contributed by atoms with Gasteiger partial charge in [0.1, 0.15) is 4.21 Å². The fourth-order valence-electron chi connectivity index (χ4n) is 3.35. The Bertz CT molecular complexity index is 903. The first kappa shape index (κ1) is 22.0. The molecule has 29 heavy (non-hydrogen) atoms. The molecule has 1 fully saturated rings. The number of amides is 1. The van der Waals surface area contributed by atoms with Gasteiger partial charge in [-0.1, -0.05) is 30.3 Å². The lowest BCUT2D eigenvalue weighted by Crippen LogP contribution is -2.42. The number of nitrogens with zero attached hydrogens (tertiary/aromatic N) is 1. The Kier molecular flexibility index (Phi) is 7.45. The van der Waals surface area contributed by atoms with Crippen molar-refractivity contribution in [3.05, 3.63) is 52.9 Å². The molecular weight excluding hydrogens is 408 g/mol. The number of carbonyl (C=O) groups excluding carboxylic acids is 1. The van der Waals surface area contributed by atoms with Crippen molar-refractivity contribution in [1.29, 1.82) is 0 Å². The maximum Gasteiger partial charge on any atom is 0.252 e. The number of carbonyl (C=O) groups is 1. The molecule has 3 rings (SSSR count). The Labute approximate surface area is 176 Å². The molecule has 0 atom stereocenters. The first-order chi connectivity index (χ1) is 13.9. The van der Waals surface area contributed by atoms with E-state index in [9.17, 15) is 13.2 Å². The summed E-state index contributed by atoms with van der Waals surface area (Å²) in [5, 5.41) is 4.78. The highest BCUT2D eigenvalue weighted by Crippen LogP contribution is 2.26. The SMILES string of the molecule is CC(C)OCc1ccccc1CNC(=O)C1CCN(S(=O)(=O)c2cccs2)CC1. The topological polar surface area (TPSA) is 75.7 Å². The van der Waals surface area contributed by atoms with E-state index in [1.807, 2.05) is 38.1 Å². The monoisotopic (exact) mass is 436 g/mol. The maximum absolute atomic E-state index is 12.6. The molecule has 1 aromatic carbocycles.